The SMILES string of the molecule is CC(C)(C)OC(=O)CCN1Cc2ccc(C#Cc3cccc(F)c3F)cc2C2(CC2)C1.O=C(O)C(F)(F)F. The molecule has 4 rings (SSSR count). The van der Waals surface area contributed by atoms with Crippen molar-refractivity contribution < 1.29 is 41.4 Å². The zero-order valence-corrected chi connectivity index (χ0v) is 21.2. The molecule has 38 heavy (non-hydrogen) atoms. The van der Waals surface area contributed by atoms with Gasteiger partial charge in [-0.25, -0.2) is 13.6 Å². The number of hydrogen-bond donors (Lipinski definition) is 1. The van der Waals surface area contributed by atoms with Gasteiger partial charge in [-0.05, 0) is 69.0 Å². The minimum atomic E-state index is -5.08. The first-order valence-electron chi connectivity index (χ1n) is 11.9. The number of rotatable bonds is 3. The smallest absolute Gasteiger partial charge is 0.475 e. The van der Waals surface area contributed by atoms with Crippen molar-refractivity contribution in [2.24, 2.45) is 0 Å². The number of alkyl halides is 3. The molecule has 0 unspecified atom stereocenters. The van der Waals surface area contributed by atoms with Gasteiger partial charge < -0.3 is 9.84 Å². The van der Waals surface area contributed by atoms with Gasteiger partial charge in [-0.3, -0.25) is 9.69 Å². The van der Waals surface area contributed by atoms with Crippen molar-refractivity contribution in [1.82, 2.24) is 4.90 Å². The summed E-state index contributed by atoms with van der Waals surface area (Å²) in [5.74, 6) is 1.02. The van der Waals surface area contributed by atoms with E-state index in [1.807, 2.05) is 26.8 Å². The molecule has 0 radical (unpaired) electrons. The van der Waals surface area contributed by atoms with E-state index in [0.717, 1.165) is 37.6 Å². The number of carbonyl (C=O) groups excluding carboxylic acids is 1. The summed E-state index contributed by atoms with van der Waals surface area (Å²) >= 11 is 0. The Bertz CT molecular complexity index is 1270. The highest BCUT2D eigenvalue weighted by Crippen LogP contribution is 2.52. The van der Waals surface area contributed by atoms with E-state index in [-0.39, 0.29) is 16.9 Å². The lowest BCUT2D eigenvalue weighted by molar-refractivity contribution is -0.192. The Balaban J connectivity index is 0.000000505. The first kappa shape index (κ1) is 29.1. The predicted octanol–water partition coefficient (Wildman–Crippen LogP) is 5.58. The third-order valence-corrected chi connectivity index (χ3v) is 6.04. The van der Waals surface area contributed by atoms with Crippen LogP contribution in [0.25, 0.3) is 0 Å². The van der Waals surface area contributed by atoms with E-state index in [4.69, 9.17) is 14.6 Å². The number of hydrogen-bond acceptors (Lipinski definition) is 4. The molecule has 1 aliphatic carbocycles. The minimum Gasteiger partial charge on any atom is -0.475 e. The van der Waals surface area contributed by atoms with Crippen molar-refractivity contribution in [3.63, 3.8) is 0 Å². The summed E-state index contributed by atoms with van der Waals surface area (Å²) in [5.41, 5.74) is 3.06. The van der Waals surface area contributed by atoms with Crippen LogP contribution in [-0.4, -0.2) is 46.8 Å². The summed E-state index contributed by atoms with van der Waals surface area (Å²) in [6, 6.07) is 10.1. The van der Waals surface area contributed by atoms with Crippen LogP contribution >= 0.6 is 0 Å². The van der Waals surface area contributed by atoms with Crippen LogP contribution in [0.15, 0.2) is 36.4 Å². The van der Waals surface area contributed by atoms with Gasteiger partial charge in [0.25, 0.3) is 0 Å². The van der Waals surface area contributed by atoms with Gasteiger partial charge >= 0.3 is 18.1 Å². The van der Waals surface area contributed by atoms with Gasteiger partial charge in [0.2, 0.25) is 0 Å². The summed E-state index contributed by atoms with van der Waals surface area (Å²) in [6.07, 6.45) is -2.48. The Morgan fingerprint density at radius 3 is 2.32 bits per heavy atom. The number of nitrogens with zero attached hydrogens (tertiary/aromatic N) is 1. The van der Waals surface area contributed by atoms with Gasteiger partial charge in [0.1, 0.15) is 5.60 Å². The third-order valence-electron chi connectivity index (χ3n) is 6.04. The van der Waals surface area contributed by atoms with Gasteiger partial charge in [-0.1, -0.05) is 24.0 Å². The molecule has 5 nitrogen and oxygen atoms in total. The van der Waals surface area contributed by atoms with Crippen molar-refractivity contribution in [3.8, 4) is 11.8 Å². The van der Waals surface area contributed by atoms with Crippen LogP contribution in [0.1, 0.15) is 62.3 Å². The summed E-state index contributed by atoms with van der Waals surface area (Å²) < 4.78 is 64.4. The largest absolute Gasteiger partial charge is 0.490 e. The van der Waals surface area contributed by atoms with Crippen LogP contribution in [-0.2, 0) is 26.3 Å². The number of carboxylic acid groups (broad SMARTS) is 1. The molecule has 2 aromatic carbocycles. The molecule has 0 bridgehead atoms. The Labute approximate surface area is 217 Å². The van der Waals surface area contributed by atoms with Crippen molar-refractivity contribution in [2.45, 2.75) is 63.8 Å². The van der Waals surface area contributed by atoms with E-state index in [0.29, 0.717) is 13.0 Å². The topological polar surface area (TPSA) is 66.8 Å². The summed E-state index contributed by atoms with van der Waals surface area (Å²) in [7, 11) is 0. The molecule has 1 aliphatic heterocycles. The fraction of sp³-hybridized carbons (Fsp3) is 0.429. The average Bonchev–Trinajstić information content (AvgIpc) is 3.57. The van der Waals surface area contributed by atoms with E-state index < -0.39 is 29.4 Å². The molecule has 204 valence electrons. The van der Waals surface area contributed by atoms with E-state index in [1.165, 1.54) is 23.3 Å². The van der Waals surface area contributed by atoms with E-state index >= 15 is 0 Å². The second-order valence-corrected chi connectivity index (χ2v) is 10.4. The maximum atomic E-state index is 13.9. The van der Waals surface area contributed by atoms with Crippen LogP contribution in [0.4, 0.5) is 22.0 Å². The highest BCUT2D eigenvalue weighted by Gasteiger charge is 2.49. The van der Waals surface area contributed by atoms with E-state index in [9.17, 15) is 26.7 Å². The molecule has 0 aromatic heterocycles. The number of halogens is 5. The highest BCUT2D eigenvalue weighted by molar-refractivity contribution is 5.73. The van der Waals surface area contributed by atoms with Crippen LogP contribution < -0.4 is 0 Å². The number of fused-ring (bicyclic) bond motifs is 2. The maximum absolute atomic E-state index is 13.9. The summed E-state index contributed by atoms with van der Waals surface area (Å²) in [6.45, 7) is 8.01. The molecule has 0 amide bonds. The molecule has 0 saturated heterocycles. The molecule has 2 aliphatic rings. The van der Waals surface area contributed by atoms with Gasteiger partial charge in [0, 0.05) is 30.6 Å². The Morgan fingerprint density at radius 1 is 1.08 bits per heavy atom. The van der Waals surface area contributed by atoms with Crippen molar-refractivity contribution in [3.05, 3.63) is 70.3 Å². The van der Waals surface area contributed by atoms with Crippen LogP contribution in [0, 0.1) is 23.5 Å². The van der Waals surface area contributed by atoms with Gasteiger partial charge in [0.15, 0.2) is 11.6 Å². The minimum absolute atomic E-state index is 0.0622. The Hall–Kier alpha value is -3.45. The number of aliphatic carboxylic acids is 1. The molecular weight excluding hydrogens is 509 g/mol. The fourth-order valence-corrected chi connectivity index (χ4v) is 4.21. The van der Waals surface area contributed by atoms with Gasteiger partial charge in [0.05, 0.1) is 12.0 Å². The number of esters is 1. The molecule has 10 heteroatoms. The normalized spacial score (nSPS) is 15.9. The van der Waals surface area contributed by atoms with Crippen molar-refractivity contribution in [2.75, 3.05) is 13.1 Å². The van der Waals surface area contributed by atoms with Crippen LogP contribution in [0.3, 0.4) is 0 Å². The molecule has 1 saturated carbocycles. The van der Waals surface area contributed by atoms with Crippen LogP contribution in [0.5, 0.6) is 0 Å². The lowest BCUT2D eigenvalue weighted by Gasteiger charge is -2.35. The maximum Gasteiger partial charge on any atom is 0.490 e. The first-order chi connectivity index (χ1) is 17.6. The third kappa shape index (κ3) is 7.78. The average molecular weight is 538 g/mol. The lowest BCUT2D eigenvalue weighted by Crippen LogP contribution is -2.39. The lowest BCUT2D eigenvalue weighted by atomic mass is 9.85. The standard InChI is InChI=1S/C26H27F2NO2.C2HF3O2/c1-25(2,3)31-23(30)11-14-29-16-20-10-8-18(15-21(20)26(17-29)12-13-26)7-9-19-5-4-6-22(27)24(19)28;3-2(4,5)1(6)7/h4-6,8,10,15H,11-14,16-17H2,1-3H3;(H,6,7). The van der Waals surface area contributed by atoms with Crippen molar-refractivity contribution in [1.29, 1.82) is 0 Å². The second-order valence-electron chi connectivity index (χ2n) is 10.4. The molecular formula is C28H28F5NO4. The zero-order chi connectivity index (χ0) is 28.3. The van der Waals surface area contributed by atoms with Gasteiger partial charge in [-0.15, -0.1) is 0 Å². The molecule has 1 N–H and O–H groups in total. The van der Waals surface area contributed by atoms with Gasteiger partial charge in [-0.2, -0.15) is 13.2 Å². The molecule has 0 atom stereocenters. The number of benzene rings is 2. The quantitative estimate of drug-likeness (QED) is 0.315. The van der Waals surface area contributed by atoms with E-state index in [1.54, 1.807) is 0 Å². The molecule has 1 heterocycles. The Morgan fingerprint density at radius 2 is 1.74 bits per heavy atom. The molecule has 2 aromatic rings. The second kappa shape index (κ2) is 11.1. The monoisotopic (exact) mass is 537 g/mol. The van der Waals surface area contributed by atoms with E-state index in [2.05, 4.69) is 28.9 Å². The molecule has 1 spiro atoms. The fourth-order valence-electron chi connectivity index (χ4n) is 4.21. The number of ether oxygens (including phenoxy) is 1. The van der Waals surface area contributed by atoms with Crippen LogP contribution in [0.2, 0.25) is 0 Å². The first-order valence-corrected chi connectivity index (χ1v) is 11.9. The predicted molar refractivity (Wildman–Crippen MR) is 129 cm³/mol. The highest BCUT2D eigenvalue weighted by atomic mass is 19.4. The summed E-state index contributed by atoms with van der Waals surface area (Å²) in [4.78, 5) is 23.3. The zero-order valence-electron chi connectivity index (χ0n) is 21.2. The van der Waals surface area contributed by atoms with Crippen molar-refractivity contribution >= 4 is 11.9 Å². The Kier molecular flexibility index (Phi) is 8.52. The number of carbonyl (C=O) groups is 2. The number of carboxylic acids is 1. The molecule has 1 fully saturated rings. The summed E-state index contributed by atoms with van der Waals surface area (Å²) in [5, 5.41) is 7.12.